The molecule has 3 rings (SSSR count). The normalized spacial score (nSPS) is 35.8. The average Bonchev–Trinajstić information content (AvgIpc) is 2.89. The molecule has 1 aromatic rings. The smallest absolute Gasteiger partial charge is 0.192 e. The molecule has 1 aromatic carbocycles. The molecule has 2 saturated heterocycles. The third-order valence-corrected chi connectivity index (χ3v) is 12.1. The van der Waals surface area contributed by atoms with Crippen LogP contribution in [-0.2, 0) is 30.0 Å². The van der Waals surface area contributed by atoms with Crippen LogP contribution in [0.25, 0.3) is 10.4 Å². The number of rotatable bonds is 10. The summed E-state index contributed by atoms with van der Waals surface area (Å²) in [6.07, 6.45) is -12.5. The summed E-state index contributed by atoms with van der Waals surface area (Å²) in [5.74, 6) is 0. The molecule has 0 aliphatic carbocycles. The molecule has 0 radical (unpaired) electrons. The first kappa shape index (κ1) is 31.9. The predicted molar refractivity (Wildman–Crippen MR) is 141 cm³/mol. The summed E-state index contributed by atoms with van der Waals surface area (Å²) in [7, 11) is -2.26. The number of hydrogen-bond acceptors (Lipinski definition) is 11. The third kappa shape index (κ3) is 7.55. The quantitative estimate of drug-likeness (QED) is 0.118. The minimum Gasteiger partial charge on any atom is -0.414 e. The van der Waals surface area contributed by atoms with Crippen molar-refractivity contribution in [2.45, 2.75) is 107 Å². The number of aliphatic hydroxyl groups is 5. The van der Waals surface area contributed by atoms with E-state index in [1.54, 1.807) is 0 Å². The maximum absolute atomic E-state index is 11.3. The largest absolute Gasteiger partial charge is 0.414 e. The Morgan fingerprint density at radius 1 is 0.949 bits per heavy atom. The van der Waals surface area contributed by atoms with Crippen LogP contribution in [0.15, 0.2) is 35.4 Å². The average molecular weight is 572 g/mol. The van der Waals surface area contributed by atoms with Gasteiger partial charge in [0.05, 0.1) is 25.9 Å². The van der Waals surface area contributed by atoms with Crippen LogP contribution in [-0.4, -0.2) is 108 Å². The van der Waals surface area contributed by atoms with Gasteiger partial charge in [-0.15, -0.1) is 0 Å². The maximum Gasteiger partial charge on any atom is 0.192 e. The summed E-state index contributed by atoms with van der Waals surface area (Å²) in [4.78, 5) is 2.88. The first-order valence-electron chi connectivity index (χ1n) is 12.9. The van der Waals surface area contributed by atoms with Gasteiger partial charge in [0.2, 0.25) is 0 Å². The van der Waals surface area contributed by atoms with Crippen molar-refractivity contribution >= 4 is 8.32 Å². The Hall–Kier alpha value is -1.65. The zero-order chi connectivity index (χ0) is 29.0. The molecule has 5 N–H and O–H groups in total. The first-order valence-corrected chi connectivity index (χ1v) is 15.8. The Morgan fingerprint density at radius 3 is 2.18 bits per heavy atom. The third-order valence-electron chi connectivity index (χ3n) is 7.64. The Balaban J connectivity index is 1.88. The van der Waals surface area contributed by atoms with Crippen molar-refractivity contribution in [3.63, 3.8) is 0 Å². The van der Waals surface area contributed by atoms with E-state index in [0.29, 0.717) is 0 Å². The van der Waals surface area contributed by atoms with Gasteiger partial charge in [-0.25, -0.2) is 0 Å². The predicted octanol–water partition coefficient (Wildman–Crippen LogP) is 1.17. The van der Waals surface area contributed by atoms with Crippen LogP contribution >= 0.6 is 0 Å². The Bertz CT molecular complexity index is 959. The lowest BCUT2D eigenvalue weighted by Gasteiger charge is -2.47. The van der Waals surface area contributed by atoms with Crippen molar-refractivity contribution in [2.75, 3.05) is 13.2 Å². The van der Waals surface area contributed by atoms with E-state index >= 15 is 0 Å². The SMILES string of the molecule is CC(C)(C)[Si](C)(C)OC[C@H]1O[C@H](O[C@H]2O[C@H](CO)[C@@H](O)[C@H](O)[C@@H]2O)[C@H](N=[N+]=[N-])[C@@H](OCc2ccccc2)[C@@H]1O. The van der Waals surface area contributed by atoms with Gasteiger partial charge >= 0.3 is 0 Å². The van der Waals surface area contributed by atoms with E-state index < -0.39 is 76.3 Å². The molecule has 0 amide bonds. The Kier molecular flexibility index (Phi) is 10.9. The highest BCUT2D eigenvalue weighted by Crippen LogP contribution is 2.38. The van der Waals surface area contributed by atoms with Crippen molar-refractivity contribution in [3.05, 3.63) is 46.3 Å². The lowest BCUT2D eigenvalue weighted by atomic mass is 9.96. The fourth-order valence-electron chi connectivity index (χ4n) is 4.11. The number of ether oxygens (including phenoxy) is 4. The minimum atomic E-state index is -2.26. The summed E-state index contributed by atoms with van der Waals surface area (Å²) in [6.45, 7) is 9.75. The number of aliphatic hydroxyl groups excluding tert-OH is 5. The molecule has 10 atom stereocenters. The molecule has 2 aliphatic rings. The summed E-state index contributed by atoms with van der Waals surface area (Å²) < 4.78 is 29.7. The van der Waals surface area contributed by atoms with Crippen LogP contribution in [0, 0.1) is 0 Å². The van der Waals surface area contributed by atoms with E-state index in [0.717, 1.165) is 5.56 Å². The summed E-state index contributed by atoms with van der Waals surface area (Å²) in [6, 6.07) is 7.98. The van der Waals surface area contributed by atoms with Gasteiger partial charge in [0.25, 0.3) is 0 Å². The highest BCUT2D eigenvalue weighted by molar-refractivity contribution is 6.74. The number of azide groups is 1. The topological polar surface area (TPSA) is 196 Å². The monoisotopic (exact) mass is 571 g/mol. The van der Waals surface area contributed by atoms with Crippen molar-refractivity contribution < 1.29 is 48.9 Å². The molecular formula is C25H41N3O10Si. The second-order valence-electron chi connectivity index (χ2n) is 11.4. The van der Waals surface area contributed by atoms with E-state index in [9.17, 15) is 31.1 Å². The van der Waals surface area contributed by atoms with Crippen molar-refractivity contribution in [2.24, 2.45) is 5.11 Å². The van der Waals surface area contributed by atoms with Crippen molar-refractivity contribution in [3.8, 4) is 0 Å². The molecule has 2 heterocycles. The van der Waals surface area contributed by atoms with Gasteiger partial charge in [0.1, 0.15) is 42.7 Å². The molecule has 220 valence electrons. The zero-order valence-corrected chi connectivity index (χ0v) is 23.9. The van der Waals surface area contributed by atoms with E-state index in [1.807, 2.05) is 30.3 Å². The van der Waals surface area contributed by atoms with Gasteiger partial charge in [-0.05, 0) is 29.2 Å². The highest BCUT2D eigenvalue weighted by Gasteiger charge is 2.51. The van der Waals surface area contributed by atoms with E-state index in [2.05, 4.69) is 43.9 Å². The fourth-order valence-corrected chi connectivity index (χ4v) is 5.13. The molecule has 0 unspecified atom stereocenters. The molecule has 2 aliphatic heterocycles. The molecule has 13 nitrogen and oxygen atoms in total. The van der Waals surface area contributed by atoms with Crippen molar-refractivity contribution in [1.29, 1.82) is 0 Å². The van der Waals surface area contributed by atoms with Crippen LogP contribution in [0.1, 0.15) is 26.3 Å². The van der Waals surface area contributed by atoms with Crippen LogP contribution < -0.4 is 0 Å². The molecule has 0 aromatic heterocycles. The van der Waals surface area contributed by atoms with Crippen LogP contribution in [0.4, 0.5) is 0 Å². The lowest BCUT2D eigenvalue weighted by molar-refractivity contribution is -0.363. The molecular weight excluding hydrogens is 530 g/mol. The fraction of sp³-hybridized carbons (Fsp3) is 0.760. The number of benzene rings is 1. The molecule has 0 saturated carbocycles. The van der Waals surface area contributed by atoms with Gasteiger partial charge in [0, 0.05) is 4.91 Å². The molecule has 0 spiro atoms. The molecule has 39 heavy (non-hydrogen) atoms. The molecule has 0 bridgehead atoms. The van der Waals surface area contributed by atoms with Gasteiger partial charge in [-0.1, -0.05) is 56.2 Å². The summed E-state index contributed by atoms with van der Waals surface area (Å²) >= 11 is 0. The molecule has 2 fully saturated rings. The number of nitrogens with zero attached hydrogens (tertiary/aromatic N) is 3. The second-order valence-corrected chi connectivity index (χ2v) is 16.2. The highest BCUT2D eigenvalue weighted by atomic mass is 28.4. The standard InChI is InChI=1S/C25H41N3O10Si/c1-25(2,3)39(4,5)35-13-16-19(31)22(34-12-14-9-7-6-8-10-14)17(27-28-26)23(37-16)38-24-21(33)20(32)18(30)15(11-29)36-24/h6-10,15-24,29-33H,11-13H2,1-5H3/t15-,16-,17-,18-,19-,20+,21+,22-,23-,24-/m1/s1. The lowest BCUT2D eigenvalue weighted by Crippen LogP contribution is -2.64. The second kappa shape index (κ2) is 13.3. The Labute approximate surface area is 229 Å². The molecule has 14 heteroatoms. The van der Waals surface area contributed by atoms with Gasteiger partial charge < -0.3 is 48.9 Å². The summed E-state index contributed by atoms with van der Waals surface area (Å²) in [5.41, 5.74) is 10.1. The minimum absolute atomic E-state index is 0.0135. The summed E-state index contributed by atoms with van der Waals surface area (Å²) in [5, 5.41) is 55.3. The first-order chi connectivity index (χ1) is 18.3. The van der Waals surface area contributed by atoms with E-state index in [4.69, 9.17) is 23.4 Å². The van der Waals surface area contributed by atoms with Gasteiger partial charge in [0.15, 0.2) is 20.9 Å². The van der Waals surface area contributed by atoms with Gasteiger partial charge in [-0.3, -0.25) is 0 Å². The van der Waals surface area contributed by atoms with Crippen LogP contribution in [0.3, 0.4) is 0 Å². The van der Waals surface area contributed by atoms with E-state index in [-0.39, 0.29) is 18.3 Å². The van der Waals surface area contributed by atoms with Gasteiger partial charge in [-0.2, -0.15) is 0 Å². The van der Waals surface area contributed by atoms with Crippen molar-refractivity contribution in [1.82, 2.24) is 0 Å². The van der Waals surface area contributed by atoms with Crippen LogP contribution in [0.2, 0.25) is 18.1 Å². The maximum atomic E-state index is 11.3. The zero-order valence-electron chi connectivity index (χ0n) is 22.9. The van der Waals surface area contributed by atoms with E-state index in [1.165, 1.54) is 0 Å². The Morgan fingerprint density at radius 2 is 1.59 bits per heavy atom. The number of hydrogen-bond donors (Lipinski definition) is 5. The van der Waals surface area contributed by atoms with Crippen LogP contribution in [0.5, 0.6) is 0 Å².